The van der Waals surface area contributed by atoms with Crippen LogP contribution in [0.25, 0.3) is 0 Å². The van der Waals surface area contributed by atoms with Crippen molar-refractivity contribution >= 4 is 0 Å². The van der Waals surface area contributed by atoms with Crippen molar-refractivity contribution in [3.05, 3.63) is 23.9 Å². The van der Waals surface area contributed by atoms with Crippen LogP contribution in [0.4, 0.5) is 0 Å². The first-order chi connectivity index (χ1) is 8.32. The number of hydrogen-bond acceptors (Lipinski definition) is 2. The predicted octanol–water partition coefficient (Wildman–Crippen LogP) is 3.90. The Morgan fingerprint density at radius 2 is 2.11 bits per heavy atom. The highest BCUT2D eigenvalue weighted by molar-refractivity contribution is 5.18. The number of hydrogen-bond donors (Lipinski definition) is 1. The molecule has 1 aliphatic rings. The van der Waals surface area contributed by atoms with Crippen LogP contribution >= 0.6 is 0 Å². The van der Waals surface area contributed by atoms with Crippen molar-refractivity contribution in [1.82, 2.24) is 5.32 Å². The van der Waals surface area contributed by atoms with E-state index in [-0.39, 0.29) is 0 Å². The van der Waals surface area contributed by atoms with Crippen molar-refractivity contribution in [3.8, 4) is 0 Å². The van der Waals surface area contributed by atoms with Gasteiger partial charge in [-0.15, -0.1) is 0 Å². The highest BCUT2D eigenvalue weighted by Crippen LogP contribution is 2.39. The second-order valence-electron chi connectivity index (χ2n) is 6.58. The van der Waals surface area contributed by atoms with E-state index in [0.717, 1.165) is 17.2 Å². The van der Waals surface area contributed by atoms with Crippen LogP contribution in [0, 0.1) is 11.3 Å². The maximum atomic E-state index is 6.02. The molecule has 0 spiro atoms. The summed E-state index contributed by atoms with van der Waals surface area (Å²) in [7, 11) is 1.92. The van der Waals surface area contributed by atoms with Gasteiger partial charge in [-0.25, -0.2) is 0 Å². The van der Waals surface area contributed by atoms with Crippen molar-refractivity contribution in [3.63, 3.8) is 0 Å². The summed E-state index contributed by atoms with van der Waals surface area (Å²) in [5.41, 5.74) is 2.58. The lowest BCUT2D eigenvalue weighted by Crippen LogP contribution is -2.32. The first-order valence-corrected chi connectivity index (χ1v) is 6.98. The van der Waals surface area contributed by atoms with Crippen LogP contribution in [-0.4, -0.2) is 19.8 Å². The molecule has 1 aliphatic carbocycles. The Balaban J connectivity index is 2.41. The second kappa shape index (κ2) is 6.42. The number of ether oxygens (including phenoxy) is 1. The van der Waals surface area contributed by atoms with Crippen LogP contribution in [0.15, 0.2) is 23.9 Å². The summed E-state index contributed by atoms with van der Waals surface area (Å²) in [5, 5.41) is 3.10. The largest absolute Gasteiger partial charge is 0.392 e. The highest BCUT2D eigenvalue weighted by Gasteiger charge is 2.32. The van der Waals surface area contributed by atoms with E-state index in [9.17, 15) is 0 Å². The van der Waals surface area contributed by atoms with Gasteiger partial charge in [0.1, 0.15) is 0 Å². The summed E-state index contributed by atoms with van der Waals surface area (Å²) >= 11 is 0. The van der Waals surface area contributed by atoms with Gasteiger partial charge in [-0.3, -0.25) is 0 Å². The van der Waals surface area contributed by atoms with E-state index in [0.29, 0.717) is 18.1 Å². The molecule has 1 fully saturated rings. The zero-order valence-corrected chi connectivity index (χ0v) is 12.7. The molecule has 0 aromatic carbocycles. The first-order valence-electron chi connectivity index (χ1n) is 6.98. The third-order valence-corrected chi connectivity index (χ3v) is 3.67. The van der Waals surface area contributed by atoms with Crippen LogP contribution in [0.5, 0.6) is 0 Å². The third kappa shape index (κ3) is 5.26. The van der Waals surface area contributed by atoms with Crippen molar-refractivity contribution in [2.75, 3.05) is 13.7 Å². The fourth-order valence-corrected chi connectivity index (χ4v) is 3.03. The molecule has 18 heavy (non-hydrogen) atoms. The van der Waals surface area contributed by atoms with Crippen molar-refractivity contribution in [2.45, 2.75) is 53.1 Å². The Morgan fingerprint density at radius 3 is 2.67 bits per heavy atom. The highest BCUT2D eigenvalue weighted by atomic mass is 16.5. The lowest BCUT2D eigenvalue weighted by molar-refractivity contribution is -0.0125. The van der Waals surface area contributed by atoms with Gasteiger partial charge in [0.15, 0.2) is 0 Å². The monoisotopic (exact) mass is 251 g/mol. The molecule has 0 aliphatic heterocycles. The fourth-order valence-electron chi connectivity index (χ4n) is 3.03. The van der Waals surface area contributed by atoms with Gasteiger partial charge in [0, 0.05) is 12.7 Å². The maximum Gasteiger partial charge on any atom is 0.0715 e. The summed E-state index contributed by atoms with van der Waals surface area (Å²) in [6, 6.07) is 0. The van der Waals surface area contributed by atoms with Crippen LogP contribution in [0.1, 0.15) is 47.0 Å². The molecule has 0 amide bonds. The van der Waals surface area contributed by atoms with Gasteiger partial charge >= 0.3 is 0 Å². The van der Waals surface area contributed by atoms with Gasteiger partial charge in [0.25, 0.3) is 0 Å². The minimum Gasteiger partial charge on any atom is -0.392 e. The summed E-state index contributed by atoms with van der Waals surface area (Å²) in [6.45, 7) is 13.7. The zero-order chi connectivity index (χ0) is 13.8. The number of allylic oxidation sites excluding steroid dienone is 1. The van der Waals surface area contributed by atoms with Gasteiger partial charge in [-0.2, -0.15) is 0 Å². The van der Waals surface area contributed by atoms with Crippen molar-refractivity contribution in [2.24, 2.45) is 11.3 Å². The van der Waals surface area contributed by atoms with Crippen molar-refractivity contribution in [1.29, 1.82) is 0 Å². The van der Waals surface area contributed by atoms with Crippen LogP contribution in [0.2, 0.25) is 0 Å². The lowest BCUT2D eigenvalue weighted by atomic mass is 9.71. The van der Waals surface area contributed by atoms with Gasteiger partial charge in [0.05, 0.1) is 12.7 Å². The first kappa shape index (κ1) is 15.3. The molecular weight excluding hydrogens is 222 g/mol. The molecule has 2 unspecified atom stereocenters. The summed E-state index contributed by atoms with van der Waals surface area (Å²) < 4.78 is 6.02. The van der Waals surface area contributed by atoms with E-state index in [1.54, 1.807) is 0 Å². The minimum absolute atomic E-state index is 0.392. The SMILES string of the molecule is C=C(/C=C(/C)NC)COC1CC(C)CC(C)(C)C1. The average molecular weight is 251 g/mol. The topological polar surface area (TPSA) is 21.3 Å². The van der Waals surface area contributed by atoms with E-state index in [1.807, 2.05) is 14.0 Å². The Labute approximate surface area is 112 Å². The number of nitrogens with one attached hydrogen (secondary N) is 1. The Hall–Kier alpha value is -0.760. The Morgan fingerprint density at radius 1 is 1.44 bits per heavy atom. The molecule has 0 heterocycles. The van der Waals surface area contributed by atoms with E-state index in [4.69, 9.17) is 4.74 Å². The molecule has 104 valence electrons. The molecule has 0 saturated heterocycles. The van der Waals surface area contributed by atoms with E-state index in [2.05, 4.69) is 38.7 Å². The predicted molar refractivity (Wildman–Crippen MR) is 78.5 cm³/mol. The normalized spacial score (nSPS) is 27.9. The Bertz CT molecular complexity index is 317. The molecule has 2 atom stereocenters. The van der Waals surface area contributed by atoms with E-state index >= 15 is 0 Å². The fraction of sp³-hybridized carbons (Fsp3) is 0.750. The minimum atomic E-state index is 0.392. The molecule has 2 heteroatoms. The van der Waals surface area contributed by atoms with Gasteiger partial charge in [0.2, 0.25) is 0 Å². The summed E-state index contributed by atoms with van der Waals surface area (Å²) in [4.78, 5) is 0. The molecule has 0 bridgehead atoms. The quantitative estimate of drug-likeness (QED) is 0.748. The number of rotatable bonds is 5. The molecule has 0 aromatic rings. The lowest BCUT2D eigenvalue weighted by Gasteiger charge is -2.38. The maximum absolute atomic E-state index is 6.02. The second-order valence-corrected chi connectivity index (χ2v) is 6.58. The standard InChI is InChI=1S/C16H29NO/c1-12-8-15(10-16(4,5)9-12)18-11-13(2)7-14(3)17-6/h7,12,15,17H,2,8-11H2,1,3-6H3/b14-7-. The molecule has 0 radical (unpaired) electrons. The molecule has 1 rings (SSSR count). The van der Waals surface area contributed by atoms with E-state index < -0.39 is 0 Å². The molecule has 0 aromatic heterocycles. The molecular formula is C16H29NO. The zero-order valence-electron chi connectivity index (χ0n) is 12.7. The third-order valence-electron chi connectivity index (χ3n) is 3.67. The Kier molecular flexibility index (Phi) is 5.46. The molecule has 1 saturated carbocycles. The average Bonchev–Trinajstić information content (AvgIpc) is 2.23. The van der Waals surface area contributed by atoms with Gasteiger partial charge < -0.3 is 10.1 Å². The van der Waals surface area contributed by atoms with Crippen LogP contribution < -0.4 is 5.32 Å². The van der Waals surface area contributed by atoms with Crippen LogP contribution in [0.3, 0.4) is 0 Å². The summed E-state index contributed by atoms with van der Waals surface area (Å²) in [5.74, 6) is 0.765. The molecule has 2 nitrogen and oxygen atoms in total. The summed E-state index contributed by atoms with van der Waals surface area (Å²) in [6.07, 6.45) is 6.11. The van der Waals surface area contributed by atoms with Gasteiger partial charge in [-0.05, 0) is 49.2 Å². The van der Waals surface area contributed by atoms with Crippen molar-refractivity contribution < 1.29 is 4.74 Å². The van der Waals surface area contributed by atoms with Gasteiger partial charge in [-0.1, -0.05) is 27.4 Å². The van der Waals surface area contributed by atoms with E-state index in [1.165, 1.54) is 19.3 Å². The smallest absolute Gasteiger partial charge is 0.0715 e. The molecule has 1 N–H and O–H groups in total. The van der Waals surface area contributed by atoms with Crippen LogP contribution in [-0.2, 0) is 4.74 Å².